The van der Waals surface area contributed by atoms with E-state index in [-0.39, 0.29) is 11.9 Å². The highest BCUT2D eigenvalue weighted by molar-refractivity contribution is 5.95. The van der Waals surface area contributed by atoms with Gasteiger partial charge in [0.05, 0.1) is 19.8 Å². The zero-order valence-electron chi connectivity index (χ0n) is 17.8. The van der Waals surface area contributed by atoms with E-state index < -0.39 is 5.91 Å². The number of carbonyl (C=O) groups is 2. The van der Waals surface area contributed by atoms with Crippen LogP contribution in [0.1, 0.15) is 42.3 Å². The molecule has 1 unspecified atom stereocenters. The molecule has 2 amide bonds. The summed E-state index contributed by atoms with van der Waals surface area (Å²) in [4.78, 5) is 25.2. The number of fused-ring (bicyclic) bond motifs is 1. The molecule has 0 bridgehead atoms. The number of carbonyl (C=O) groups excluding carboxylic acids is 2. The Balaban J connectivity index is 1.69. The Morgan fingerprint density at radius 2 is 1.67 bits per heavy atom. The molecule has 2 atom stereocenters. The maximum Gasteiger partial charge on any atom is 0.282 e. The molecule has 1 aliphatic heterocycles. The van der Waals surface area contributed by atoms with E-state index in [1.54, 1.807) is 24.3 Å². The summed E-state index contributed by atoms with van der Waals surface area (Å²) in [5.74, 6) is 0.991. The average Bonchev–Trinajstić information content (AvgIpc) is 2.74. The Kier molecular flexibility index (Phi) is 6.95. The molecule has 30 heavy (non-hydrogen) atoms. The quantitative estimate of drug-likeness (QED) is 0.613. The van der Waals surface area contributed by atoms with Crippen molar-refractivity contribution in [3.63, 3.8) is 0 Å². The van der Waals surface area contributed by atoms with Gasteiger partial charge in [-0.25, -0.2) is 0 Å². The molecule has 0 saturated carbocycles. The third kappa shape index (κ3) is 4.91. The summed E-state index contributed by atoms with van der Waals surface area (Å²) in [6, 6.07) is 10.5. The smallest absolute Gasteiger partial charge is 0.282 e. The van der Waals surface area contributed by atoms with Gasteiger partial charge in [0.2, 0.25) is 5.91 Å². The van der Waals surface area contributed by atoms with Gasteiger partial charge >= 0.3 is 0 Å². The van der Waals surface area contributed by atoms with Gasteiger partial charge in [0.25, 0.3) is 5.91 Å². The van der Waals surface area contributed by atoms with Crippen molar-refractivity contribution in [2.75, 3.05) is 25.1 Å². The number of quaternary nitrogens is 1. The Bertz CT molecular complexity index is 911. The van der Waals surface area contributed by atoms with E-state index in [1.807, 2.05) is 20.8 Å². The first-order valence-corrected chi connectivity index (χ1v) is 10.4. The summed E-state index contributed by atoms with van der Waals surface area (Å²) in [6.45, 7) is 8.62. The van der Waals surface area contributed by atoms with Crippen molar-refractivity contribution < 1.29 is 24.0 Å². The number of anilines is 1. The standard InChI is InChI=1S/C23H29N3O4/c1-4-29-20-12-17-10-11-26(14-18(17)13-21(20)30-5-2)15(3)23(28)25-19-8-6-16(7-9-19)22(24)27/h6-9,12-13,15H,4-5,10-11,14H2,1-3H3,(H2,24,27)(H,25,28)/p+1/t15-/m0/s1. The van der Waals surface area contributed by atoms with Gasteiger partial charge in [0, 0.05) is 23.2 Å². The second kappa shape index (κ2) is 9.63. The van der Waals surface area contributed by atoms with Crippen LogP contribution in [0.3, 0.4) is 0 Å². The minimum absolute atomic E-state index is 0.0590. The molecule has 0 spiro atoms. The van der Waals surface area contributed by atoms with Crippen LogP contribution in [0.25, 0.3) is 0 Å². The van der Waals surface area contributed by atoms with Gasteiger partial charge in [-0.15, -0.1) is 0 Å². The fourth-order valence-electron chi connectivity index (χ4n) is 3.73. The summed E-state index contributed by atoms with van der Waals surface area (Å²) < 4.78 is 11.5. The van der Waals surface area contributed by atoms with Crippen LogP contribution in [-0.4, -0.2) is 37.6 Å². The predicted octanol–water partition coefficient (Wildman–Crippen LogP) is 1.55. The third-order valence-electron chi connectivity index (χ3n) is 5.44. The van der Waals surface area contributed by atoms with Gasteiger partial charge in [0.15, 0.2) is 17.5 Å². The molecule has 1 aliphatic rings. The van der Waals surface area contributed by atoms with Gasteiger partial charge in [-0.2, -0.15) is 0 Å². The second-order valence-corrected chi connectivity index (χ2v) is 7.42. The third-order valence-corrected chi connectivity index (χ3v) is 5.44. The number of nitrogens with one attached hydrogen (secondary N) is 2. The SMILES string of the molecule is CCOc1cc2c(cc1OCC)C[NH+]([C@@H](C)C(=O)Nc1ccc(C(N)=O)cc1)CC2. The van der Waals surface area contributed by atoms with Crippen molar-refractivity contribution in [3.05, 3.63) is 53.1 Å². The average molecular weight is 413 g/mol. The summed E-state index contributed by atoms with van der Waals surface area (Å²) in [5.41, 5.74) is 8.76. The van der Waals surface area contributed by atoms with Crippen molar-refractivity contribution in [2.24, 2.45) is 5.73 Å². The fraction of sp³-hybridized carbons (Fsp3) is 0.391. The van der Waals surface area contributed by atoms with Crippen LogP contribution in [0.5, 0.6) is 11.5 Å². The molecule has 2 aromatic carbocycles. The molecule has 0 aromatic heterocycles. The first-order valence-electron chi connectivity index (χ1n) is 10.4. The molecule has 0 aliphatic carbocycles. The zero-order valence-corrected chi connectivity index (χ0v) is 17.8. The van der Waals surface area contributed by atoms with Crippen LogP contribution in [0.4, 0.5) is 5.69 Å². The normalized spacial score (nSPS) is 16.3. The molecular weight excluding hydrogens is 382 g/mol. The van der Waals surface area contributed by atoms with Gasteiger partial charge in [0.1, 0.15) is 6.54 Å². The number of amides is 2. The predicted molar refractivity (Wildman–Crippen MR) is 115 cm³/mol. The maximum absolute atomic E-state index is 12.8. The van der Waals surface area contributed by atoms with Crippen LogP contribution in [0.15, 0.2) is 36.4 Å². The van der Waals surface area contributed by atoms with Crippen molar-refractivity contribution in [1.29, 1.82) is 0 Å². The summed E-state index contributed by atoms with van der Waals surface area (Å²) in [5, 5.41) is 2.93. The van der Waals surface area contributed by atoms with E-state index in [1.165, 1.54) is 16.0 Å². The molecule has 0 fully saturated rings. The summed E-state index contributed by atoms with van der Waals surface area (Å²) in [7, 11) is 0. The Hall–Kier alpha value is -3.06. The minimum Gasteiger partial charge on any atom is -0.490 e. The zero-order chi connectivity index (χ0) is 21.7. The molecule has 0 radical (unpaired) electrons. The highest BCUT2D eigenvalue weighted by Gasteiger charge is 2.30. The molecule has 160 valence electrons. The van der Waals surface area contributed by atoms with E-state index in [4.69, 9.17) is 15.2 Å². The van der Waals surface area contributed by atoms with Crippen LogP contribution < -0.4 is 25.4 Å². The Morgan fingerprint density at radius 1 is 1.07 bits per heavy atom. The lowest BCUT2D eigenvalue weighted by molar-refractivity contribution is -0.929. The van der Waals surface area contributed by atoms with Crippen LogP contribution in [0.2, 0.25) is 0 Å². The number of benzene rings is 2. The van der Waals surface area contributed by atoms with Gasteiger partial charge < -0.3 is 25.4 Å². The van der Waals surface area contributed by atoms with Crippen LogP contribution in [0, 0.1) is 0 Å². The lowest BCUT2D eigenvalue weighted by Gasteiger charge is -2.30. The van der Waals surface area contributed by atoms with E-state index in [9.17, 15) is 9.59 Å². The molecule has 1 heterocycles. The topological polar surface area (TPSA) is 95.1 Å². The monoisotopic (exact) mass is 412 g/mol. The number of primary amides is 1. The van der Waals surface area contributed by atoms with Gasteiger partial charge in [-0.1, -0.05) is 0 Å². The number of hydrogen-bond acceptors (Lipinski definition) is 4. The van der Waals surface area contributed by atoms with Crippen molar-refractivity contribution in [3.8, 4) is 11.5 Å². The van der Waals surface area contributed by atoms with Crippen molar-refractivity contribution in [2.45, 2.75) is 39.8 Å². The Morgan fingerprint density at radius 3 is 2.23 bits per heavy atom. The first-order chi connectivity index (χ1) is 14.4. The van der Waals surface area contributed by atoms with Gasteiger partial charge in [-0.05, 0) is 62.7 Å². The molecule has 3 rings (SSSR count). The van der Waals surface area contributed by atoms with Crippen molar-refractivity contribution in [1.82, 2.24) is 0 Å². The fourth-order valence-corrected chi connectivity index (χ4v) is 3.73. The molecule has 7 nitrogen and oxygen atoms in total. The number of rotatable bonds is 8. The molecule has 7 heteroatoms. The highest BCUT2D eigenvalue weighted by atomic mass is 16.5. The highest BCUT2D eigenvalue weighted by Crippen LogP contribution is 2.32. The van der Waals surface area contributed by atoms with E-state index in [2.05, 4.69) is 17.4 Å². The second-order valence-electron chi connectivity index (χ2n) is 7.42. The minimum atomic E-state index is -0.489. The number of nitrogens with two attached hydrogens (primary N) is 1. The molecule has 4 N–H and O–H groups in total. The maximum atomic E-state index is 12.8. The van der Waals surface area contributed by atoms with Crippen molar-refractivity contribution >= 4 is 17.5 Å². The van der Waals surface area contributed by atoms with Crippen LogP contribution >= 0.6 is 0 Å². The number of hydrogen-bond donors (Lipinski definition) is 3. The molecule has 2 aromatic rings. The number of ether oxygens (including phenoxy) is 2. The van der Waals surface area contributed by atoms with Crippen LogP contribution in [-0.2, 0) is 17.8 Å². The van der Waals surface area contributed by atoms with E-state index in [0.29, 0.717) is 24.5 Å². The molecular formula is C23H30N3O4+. The summed E-state index contributed by atoms with van der Waals surface area (Å²) >= 11 is 0. The van der Waals surface area contributed by atoms with E-state index >= 15 is 0 Å². The lowest BCUT2D eigenvalue weighted by atomic mass is 9.97. The molecule has 0 saturated heterocycles. The summed E-state index contributed by atoms with van der Waals surface area (Å²) in [6.07, 6.45) is 0.877. The Labute approximate surface area is 177 Å². The van der Waals surface area contributed by atoms with Gasteiger partial charge in [-0.3, -0.25) is 9.59 Å². The first kappa shape index (κ1) is 21.6. The largest absolute Gasteiger partial charge is 0.490 e. The lowest BCUT2D eigenvalue weighted by Crippen LogP contribution is -3.16. The van der Waals surface area contributed by atoms with E-state index in [0.717, 1.165) is 31.0 Å².